The molecule has 4 rings (SSSR count). The highest BCUT2D eigenvalue weighted by Crippen LogP contribution is 2.50. The molecular weight excluding hydrogens is 500 g/mol. The van der Waals surface area contributed by atoms with Crippen LogP contribution in [0.3, 0.4) is 0 Å². The Hall–Kier alpha value is -3.80. The predicted molar refractivity (Wildman–Crippen MR) is 113 cm³/mol. The summed E-state index contributed by atoms with van der Waals surface area (Å²) in [6.45, 7) is 0. The summed E-state index contributed by atoms with van der Waals surface area (Å²) in [4.78, 5) is 17.4. The quantitative estimate of drug-likeness (QED) is 0.363. The van der Waals surface area contributed by atoms with Crippen molar-refractivity contribution >= 4 is 10.9 Å². The van der Waals surface area contributed by atoms with Crippen LogP contribution in [0.5, 0.6) is 0 Å². The number of aromatic nitrogens is 2. The van der Waals surface area contributed by atoms with Gasteiger partial charge in [0.25, 0.3) is 11.2 Å². The highest BCUT2D eigenvalue weighted by Gasteiger charge is 2.71. The van der Waals surface area contributed by atoms with Gasteiger partial charge in [0.15, 0.2) is 11.6 Å². The van der Waals surface area contributed by atoms with E-state index in [2.05, 4.69) is 4.98 Å². The summed E-state index contributed by atoms with van der Waals surface area (Å²) in [6, 6.07) is 12.0. The molecule has 1 heterocycles. The van der Waals surface area contributed by atoms with Crippen molar-refractivity contribution in [1.29, 1.82) is 0 Å². The fraction of sp³-hybridized carbons (Fsp3) is 0.167. The van der Waals surface area contributed by atoms with E-state index in [0.29, 0.717) is 29.8 Å². The van der Waals surface area contributed by atoms with Gasteiger partial charge in [-0.15, -0.1) is 0 Å². The van der Waals surface area contributed by atoms with Gasteiger partial charge in [-0.1, -0.05) is 42.5 Å². The van der Waals surface area contributed by atoms with Crippen molar-refractivity contribution in [3.05, 3.63) is 106 Å². The van der Waals surface area contributed by atoms with E-state index in [-0.39, 0.29) is 28.8 Å². The molecule has 1 aromatic heterocycles. The van der Waals surface area contributed by atoms with E-state index in [1.165, 1.54) is 0 Å². The standard InChI is InChI=1S/C24H14F8N2O2/c25-17-11-16-19(12-18(17)26)33-20(10-13-4-2-1-3-5-13)34(21(16)35)15-8-6-14(7-9-15)22(36,23(27,28)29)24(30,31)32/h1-9,11-12,36H,10H2. The number of alkyl halides is 6. The van der Waals surface area contributed by atoms with Gasteiger partial charge in [-0.2, -0.15) is 26.3 Å². The third kappa shape index (κ3) is 4.21. The second kappa shape index (κ2) is 8.70. The van der Waals surface area contributed by atoms with Crippen LogP contribution >= 0.6 is 0 Å². The molecule has 0 saturated carbocycles. The van der Waals surface area contributed by atoms with Gasteiger partial charge < -0.3 is 5.11 Å². The molecule has 0 atom stereocenters. The molecule has 0 spiro atoms. The van der Waals surface area contributed by atoms with E-state index in [4.69, 9.17) is 0 Å². The first kappa shape index (κ1) is 25.3. The van der Waals surface area contributed by atoms with E-state index in [1.54, 1.807) is 30.3 Å². The molecule has 0 unspecified atom stereocenters. The van der Waals surface area contributed by atoms with Crippen LogP contribution in [0.15, 0.2) is 71.5 Å². The smallest absolute Gasteiger partial charge is 0.369 e. The average molecular weight is 514 g/mol. The SMILES string of the molecule is O=c1c2cc(F)c(F)cc2nc(Cc2ccccc2)n1-c1ccc(C(O)(C(F)(F)F)C(F)(F)F)cc1. The largest absolute Gasteiger partial charge is 0.430 e. The Bertz CT molecular complexity index is 1460. The van der Waals surface area contributed by atoms with Gasteiger partial charge in [0, 0.05) is 18.1 Å². The molecule has 12 heteroatoms. The maximum Gasteiger partial charge on any atom is 0.430 e. The first-order chi connectivity index (χ1) is 16.7. The van der Waals surface area contributed by atoms with Crippen molar-refractivity contribution in [2.45, 2.75) is 24.4 Å². The number of halogens is 8. The van der Waals surface area contributed by atoms with Crippen molar-refractivity contribution in [3.63, 3.8) is 0 Å². The fourth-order valence-electron chi connectivity index (χ4n) is 3.73. The zero-order valence-corrected chi connectivity index (χ0v) is 17.8. The van der Waals surface area contributed by atoms with E-state index in [0.717, 1.165) is 16.7 Å². The maximum atomic E-state index is 13.8. The lowest BCUT2D eigenvalue weighted by Gasteiger charge is -2.32. The van der Waals surface area contributed by atoms with Crippen LogP contribution in [-0.4, -0.2) is 27.0 Å². The Kier molecular flexibility index (Phi) is 6.11. The molecule has 0 aliphatic heterocycles. The van der Waals surface area contributed by atoms with Gasteiger partial charge in [-0.05, 0) is 23.8 Å². The zero-order valence-electron chi connectivity index (χ0n) is 17.8. The number of hydrogen-bond donors (Lipinski definition) is 1. The first-order valence-electron chi connectivity index (χ1n) is 10.2. The minimum Gasteiger partial charge on any atom is -0.369 e. The monoisotopic (exact) mass is 514 g/mol. The lowest BCUT2D eigenvalue weighted by Crippen LogP contribution is -2.53. The molecule has 0 aliphatic rings. The van der Waals surface area contributed by atoms with E-state index < -0.39 is 40.7 Å². The number of benzene rings is 3. The van der Waals surface area contributed by atoms with E-state index >= 15 is 0 Å². The van der Waals surface area contributed by atoms with Crippen molar-refractivity contribution in [2.75, 3.05) is 0 Å². The van der Waals surface area contributed by atoms with Crippen molar-refractivity contribution in [1.82, 2.24) is 9.55 Å². The highest BCUT2D eigenvalue weighted by atomic mass is 19.4. The summed E-state index contributed by atoms with van der Waals surface area (Å²) < 4.78 is 108. The molecule has 4 nitrogen and oxygen atoms in total. The second-order valence-electron chi connectivity index (χ2n) is 7.87. The average Bonchev–Trinajstić information content (AvgIpc) is 2.80. The molecule has 0 fully saturated rings. The molecule has 0 amide bonds. The lowest BCUT2D eigenvalue weighted by atomic mass is 9.92. The van der Waals surface area contributed by atoms with Crippen LogP contribution in [0.25, 0.3) is 16.6 Å². The topological polar surface area (TPSA) is 55.1 Å². The number of hydrogen-bond acceptors (Lipinski definition) is 3. The molecule has 36 heavy (non-hydrogen) atoms. The molecule has 0 radical (unpaired) electrons. The van der Waals surface area contributed by atoms with Gasteiger partial charge in [0.1, 0.15) is 5.82 Å². The zero-order chi connectivity index (χ0) is 26.5. The third-order valence-corrected chi connectivity index (χ3v) is 5.55. The van der Waals surface area contributed by atoms with Crippen molar-refractivity contribution in [3.8, 4) is 5.69 Å². The summed E-state index contributed by atoms with van der Waals surface area (Å²) >= 11 is 0. The minimum absolute atomic E-state index is 0.0399. The number of nitrogens with zero attached hydrogens (tertiary/aromatic N) is 2. The van der Waals surface area contributed by atoms with Crippen LogP contribution in [0.1, 0.15) is 17.0 Å². The summed E-state index contributed by atoms with van der Waals surface area (Å²) in [6.07, 6.45) is -12.2. The lowest BCUT2D eigenvalue weighted by molar-refractivity contribution is -0.376. The predicted octanol–water partition coefficient (Wildman–Crippen LogP) is 5.57. The van der Waals surface area contributed by atoms with Crippen molar-refractivity contribution in [2.24, 2.45) is 0 Å². The summed E-state index contributed by atoms with van der Waals surface area (Å²) in [5.74, 6) is -2.65. The summed E-state index contributed by atoms with van der Waals surface area (Å²) in [5, 5.41) is 9.25. The van der Waals surface area contributed by atoms with Crippen LogP contribution in [0.4, 0.5) is 35.1 Å². The number of aliphatic hydroxyl groups is 1. The maximum absolute atomic E-state index is 13.8. The summed E-state index contributed by atoms with van der Waals surface area (Å²) in [5.41, 5.74) is -7.38. The Labute approximate surface area is 197 Å². The van der Waals surface area contributed by atoms with E-state index in [1.807, 2.05) is 0 Å². The van der Waals surface area contributed by atoms with Crippen molar-refractivity contribution < 1.29 is 40.2 Å². The van der Waals surface area contributed by atoms with Gasteiger partial charge in [0.05, 0.1) is 16.6 Å². The normalized spacial score (nSPS) is 12.8. The van der Waals surface area contributed by atoms with Crippen LogP contribution in [0, 0.1) is 11.6 Å². The summed E-state index contributed by atoms with van der Waals surface area (Å²) in [7, 11) is 0. The fourth-order valence-corrected chi connectivity index (χ4v) is 3.73. The molecular formula is C24H14F8N2O2. The molecule has 0 saturated heterocycles. The number of rotatable bonds is 4. The molecule has 0 aliphatic carbocycles. The van der Waals surface area contributed by atoms with Gasteiger partial charge in [-0.3, -0.25) is 9.36 Å². The van der Waals surface area contributed by atoms with Gasteiger partial charge in [0.2, 0.25) is 0 Å². The van der Waals surface area contributed by atoms with E-state index in [9.17, 15) is 45.0 Å². The molecule has 188 valence electrons. The molecule has 4 aromatic rings. The Morgan fingerprint density at radius 1 is 0.806 bits per heavy atom. The minimum atomic E-state index is -6.09. The Balaban J connectivity index is 1.93. The first-order valence-corrected chi connectivity index (χ1v) is 10.2. The third-order valence-electron chi connectivity index (χ3n) is 5.55. The Morgan fingerprint density at radius 3 is 1.92 bits per heavy atom. The van der Waals surface area contributed by atoms with Crippen LogP contribution < -0.4 is 5.56 Å². The highest BCUT2D eigenvalue weighted by molar-refractivity contribution is 5.78. The van der Waals surface area contributed by atoms with Gasteiger partial charge >= 0.3 is 12.4 Å². The van der Waals surface area contributed by atoms with Gasteiger partial charge in [-0.25, -0.2) is 13.8 Å². The number of fused-ring (bicyclic) bond motifs is 1. The molecule has 1 N–H and O–H groups in total. The van der Waals surface area contributed by atoms with Crippen LogP contribution in [-0.2, 0) is 12.0 Å². The Morgan fingerprint density at radius 2 is 1.36 bits per heavy atom. The molecule has 3 aromatic carbocycles. The molecule has 0 bridgehead atoms. The second-order valence-corrected chi connectivity index (χ2v) is 7.87. The van der Waals surface area contributed by atoms with Crippen LogP contribution in [0.2, 0.25) is 0 Å².